The third-order valence-corrected chi connectivity index (χ3v) is 3.08. The molecule has 0 spiro atoms. The minimum Gasteiger partial charge on any atom is -0.550 e. The van der Waals surface area contributed by atoms with Gasteiger partial charge in [-0.2, -0.15) is 0 Å². The molecule has 0 saturated heterocycles. The van der Waals surface area contributed by atoms with Gasteiger partial charge in [0.05, 0.1) is 23.9 Å². The Hall–Kier alpha value is -2.98. The number of aliphatic carboxylic acids is 5. The molecular formula is C16H21O11-5. The van der Waals surface area contributed by atoms with Gasteiger partial charge in [-0.15, -0.1) is 0 Å². The molecule has 0 radical (unpaired) electrons. The molecule has 0 aliphatic heterocycles. The quantitative estimate of drug-likeness (QED) is 0.239. The number of aldehydes is 1. The number of carboxylic acid groups (broad SMARTS) is 5. The van der Waals surface area contributed by atoms with Crippen molar-refractivity contribution in [2.24, 2.45) is 23.7 Å². The first-order chi connectivity index (χ1) is 11.8. The summed E-state index contributed by atoms with van der Waals surface area (Å²) < 4.78 is 0. The maximum atomic E-state index is 10.4. The predicted octanol–water partition coefficient (Wildman–Crippen LogP) is -5.77. The lowest BCUT2D eigenvalue weighted by Gasteiger charge is -2.24. The van der Waals surface area contributed by atoms with Gasteiger partial charge in [0.25, 0.3) is 0 Å². The zero-order valence-corrected chi connectivity index (χ0v) is 14.0. The minimum absolute atomic E-state index is 0. The Morgan fingerprint density at radius 2 is 1.04 bits per heavy atom. The molecule has 0 heterocycles. The molecule has 0 N–H and O–H groups in total. The Morgan fingerprint density at radius 3 is 1.22 bits per heavy atom. The van der Waals surface area contributed by atoms with Crippen LogP contribution < -0.4 is 25.5 Å². The largest absolute Gasteiger partial charge is 0.550 e. The van der Waals surface area contributed by atoms with Crippen LogP contribution in [0.25, 0.3) is 0 Å². The third-order valence-electron chi connectivity index (χ3n) is 3.08. The first kappa shape index (κ1) is 28.8. The van der Waals surface area contributed by atoms with E-state index in [9.17, 15) is 54.3 Å². The molecule has 0 aromatic rings. The summed E-state index contributed by atoms with van der Waals surface area (Å²) in [5.41, 5.74) is 0. The van der Waals surface area contributed by atoms with Crippen LogP contribution >= 0.6 is 0 Å². The summed E-state index contributed by atoms with van der Waals surface area (Å²) in [5.74, 6) is -13.7. The van der Waals surface area contributed by atoms with Crippen LogP contribution in [0.15, 0.2) is 0 Å². The summed E-state index contributed by atoms with van der Waals surface area (Å²) in [6.07, 6.45) is -1.00. The average molecular weight is 389 g/mol. The lowest BCUT2D eigenvalue weighted by molar-refractivity contribution is -0.335. The van der Waals surface area contributed by atoms with Gasteiger partial charge in [0, 0.05) is 30.1 Å². The number of hydrogen-bond acceptors (Lipinski definition) is 11. The van der Waals surface area contributed by atoms with Crippen molar-refractivity contribution in [3.63, 3.8) is 0 Å². The molecule has 0 rings (SSSR count). The topological polar surface area (TPSA) is 218 Å². The van der Waals surface area contributed by atoms with Gasteiger partial charge in [-0.25, -0.2) is 0 Å². The summed E-state index contributed by atoms with van der Waals surface area (Å²) in [6.45, 7) is 3.47. The Morgan fingerprint density at radius 1 is 0.704 bits per heavy atom. The predicted molar refractivity (Wildman–Crippen MR) is 77.0 cm³/mol. The lowest BCUT2D eigenvalue weighted by atomic mass is 9.92. The van der Waals surface area contributed by atoms with Gasteiger partial charge in [0.15, 0.2) is 0 Å². The van der Waals surface area contributed by atoms with E-state index >= 15 is 0 Å². The fraction of sp³-hybridized carbons (Fsp3) is 0.625. The average Bonchev–Trinajstić information content (AvgIpc) is 2.47. The fourth-order valence-electron chi connectivity index (χ4n) is 1.74. The highest BCUT2D eigenvalue weighted by Gasteiger charge is 2.19. The van der Waals surface area contributed by atoms with E-state index in [1.165, 1.54) is 0 Å². The Balaban J connectivity index is -0.000000430. The number of carbonyl (C=O) groups excluding carboxylic acids is 6. The van der Waals surface area contributed by atoms with Crippen molar-refractivity contribution < 1.29 is 54.3 Å². The van der Waals surface area contributed by atoms with E-state index in [0.717, 1.165) is 0 Å². The van der Waals surface area contributed by atoms with Crippen molar-refractivity contribution in [1.82, 2.24) is 0 Å². The third kappa shape index (κ3) is 13.0. The zero-order chi connectivity index (χ0) is 21.0. The van der Waals surface area contributed by atoms with Crippen molar-refractivity contribution in [2.75, 3.05) is 0 Å². The second-order valence-electron chi connectivity index (χ2n) is 5.66. The first-order valence-electron chi connectivity index (χ1n) is 7.32. The molecular weight excluding hydrogens is 368 g/mol. The highest BCUT2D eigenvalue weighted by Crippen LogP contribution is 2.14. The van der Waals surface area contributed by atoms with Crippen molar-refractivity contribution in [1.29, 1.82) is 0 Å². The summed E-state index contributed by atoms with van der Waals surface area (Å²) in [4.78, 5) is 61.2. The summed E-state index contributed by atoms with van der Waals surface area (Å²) in [5, 5.41) is 51.2. The fourth-order valence-corrected chi connectivity index (χ4v) is 1.74. The second kappa shape index (κ2) is 14.2. The maximum absolute atomic E-state index is 10.4. The van der Waals surface area contributed by atoms with Crippen LogP contribution in [0.4, 0.5) is 0 Å². The number of rotatable bonds is 11. The van der Waals surface area contributed by atoms with E-state index in [1.54, 1.807) is 13.8 Å². The number of hydrogen-bond donors (Lipinski definition) is 0. The van der Waals surface area contributed by atoms with Gasteiger partial charge in [-0.05, 0) is 18.8 Å². The van der Waals surface area contributed by atoms with Crippen LogP contribution in [0.5, 0.6) is 0 Å². The standard InChI is InChI=1S/C8H10O7.C7H12O4.CH4/c9-2-1-4(6(10)11)3-5(7(12)13)8(14)15;1-4(2)3-5(6(8)9)7(10)11;/h2,4-5H,1,3H2,(H,10,11)(H,12,13)(H,14,15);4-5H,3H2,1-2H3,(H,8,9)(H,10,11);1H4/p-5. The van der Waals surface area contributed by atoms with Crippen molar-refractivity contribution >= 4 is 36.1 Å². The molecule has 11 heteroatoms. The highest BCUT2D eigenvalue weighted by atomic mass is 16.4. The molecule has 156 valence electrons. The highest BCUT2D eigenvalue weighted by molar-refractivity contribution is 5.91. The normalized spacial score (nSPS) is 11.0. The van der Waals surface area contributed by atoms with Crippen molar-refractivity contribution in [3.05, 3.63) is 0 Å². The molecule has 0 aliphatic carbocycles. The van der Waals surface area contributed by atoms with Gasteiger partial charge < -0.3 is 54.3 Å². The SMILES string of the molecule is C.CC(C)CC(C(=O)[O-])C(=O)[O-].O=CCC(CC(C(=O)[O-])C(=O)[O-])C(=O)[O-]. The molecule has 1 atom stereocenters. The molecule has 0 fully saturated rings. The van der Waals surface area contributed by atoms with Gasteiger partial charge in [0.2, 0.25) is 0 Å². The maximum Gasteiger partial charge on any atom is 0.120 e. The van der Waals surface area contributed by atoms with Crippen LogP contribution in [0.1, 0.15) is 40.5 Å². The lowest BCUT2D eigenvalue weighted by Crippen LogP contribution is -2.46. The van der Waals surface area contributed by atoms with E-state index in [-0.39, 0.29) is 26.1 Å². The first-order valence-corrected chi connectivity index (χ1v) is 7.32. The monoisotopic (exact) mass is 389 g/mol. The zero-order valence-electron chi connectivity index (χ0n) is 14.0. The van der Waals surface area contributed by atoms with E-state index in [0.29, 0.717) is 0 Å². The minimum atomic E-state index is -2.06. The van der Waals surface area contributed by atoms with Crippen LogP contribution in [-0.2, 0) is 28.8 Å². The smallest absolute Gasteiger partial charge is 0.120 e. The van der Waals surface area contributed by atoms with E-state index < -0.39 is 60.4 Å². The molecule has 0 aromatic heterocycles. The Bertz CT molecular complexity index is 510. The Labute approximate surface area is 155 Å². The molecule has 0 bridgehead atoms. The van der Waals surface area contributed by atoms with E-state index in [2.05, 4.69) is 0 Å². The van der Waals surface area contributed by atoms with E-state index in [4.69, 9.17) is 0 Å². The molecule has 0 amide bonds. The summed E-state index contributed by atoms with van der Waals surface area (Å²) >= 11 is 0. The van der Waals surface area contributed by atoms with Gasteiger partial charge in [-0.3, -0.25) is 0 Å². The van der Waals surface area contributed by atoms with Gasteiger partial charge >= 0.3 is 0 Å². The molecule has 0 aliphatic rings. The molecule has 1 unspecified atom stereocenters. The van der Waals surface area contributed by atoms with Crippen LogP contribution in [-0.4, -0.2) is 36.1 Å². The number of carbonyl (C=O) groups is 6. The van der Waals surface area contributed by atoms with Gasteiger partial charge in [-0.1, -0.05) is 21.3 Å². The Kier molecular flexibility index (Phi) is 15.2. The van der Waals surface area contributed by atoms with Gasteiger partial charge in [0.1, 0.15) is 6.29 Å². The van der Waals surface area contributed by atoms with Crippen LogP contribution in [0.2, 0.25) is 0 Å². The van der Waals surface area contributed by atoms with E-state index in [1.807, 2.05) is 0 Å². The van der Waals surface area contributed by atoms with Crippen LogP contribution in [0, 0.1) is 23.7 Å². The summed E-state index contributed by atoms with van der Waals surface area (Å²) in [7, 11) is 0. The van der Waals surface area contributed by atoms with Crippen molar-refractivity contribution in [3.8, 4) is 0 Å². The van der Waals surface area contributed by atoms with Crippen molar-refractivity contribution in [2.45, 2.75) is 40.5 Å². The molecule has 27 heavy (non-hydrogen) atoms. The molecule has 11 nitrogen and oxygen atoms in total. The van der Waals surface area contributed by atoms with Crippen LogP contribution in [0.3, 0.4) is 0 Å². The second-order valence-corrected chi connectivity index (χ2v) is 5.66. The summed E-state index contributed by atoms with van der Waals surface area (Å²) in [6, 6.07) is 0. The molecule has 0 saturated carbocycles. The molecule has 0 aromatic carbocycles. The number of carboxylic acids is 5.